The first kappa shape index (κ1) is 16.9. The third-order valence-corrected chi connectivity index (χ3v) is 3.86. The van der Waals surface area contributed by atoms with Gasteiger partial charge in [-0.2, -0.15) is 0 Å². The maximum atomic E-state index is 9.86. The van der Waals surface area contributed by atoms with E-state index < -0.39 is 6.10 Å². The van der Waals surface area contributed by atoms with E-state index in [2.05, 4.69) is 12.2 Å². The van der Waals surface area contributed by atoms with Crippen molar-refractivity contribution in [2.24, 2.45) is 5.92 Å². The third-order valence-electron chi connectivity index (χ3n) is 3.86. The summed E-state index contributed by atoms with van der Waals surface area (Å²) < 4.78 is 10.6. The Balaban J connectivity index is 2.06. The third kappa shape index (κ3) is 7.88. The van der Waals surface area contributed by atoms with Crippen LogP contribution < -0.4 is 5.32 Å². The quantitative estimate of drug-likeness (QED) is 0.498. The Morgan fingerprint density at radius 3 is 2.68 bits per heavy atom. The van der Waals surface area contributed by atoms with Crippen LogP contribution >= 0.6 is 0 Å². The minimum atomic E-state index is -0.419. The smallest absolute Gasteiger partial charge is 0.0897 e. The van der Waals surface area contributed by atoms with Crippen LogP contribution in [0.15, 0.2) is 0 Å². The summed E-state index contributed by atoms with van der Waals surface area (Å²) in [5, 5.41) is 13.4. The van der Waals surface area contributed by atoms with Crippen molar-refractivity contribution >= 4 is 0 Å². The standard InChI is InChI=1S/C15H31NO3/c1-3-18-9-10-19-12-14(17)11-16-15-8-6-4-5-7-13(15)2/h13-17H,3-12H2,1-2H3. The first-order chi connectivity index (χ1) is 9.24. The number of rotatable bonds is 9. The average Bonchev–Trinajstić information content (AvgIpc) is 2.61. The highest BCUT2D eigenvalue weighted by molar-refractivity contribution is 4.77. The predicted octanol–water partition coefficient (Wildman–Crippen LogP) is 1.96. The van der Waals surface area contributed by atoms with E-state index in [9.17, 15) is 5.11 Å². The zero-order valence-electron chi connectivity index (χ0n) is 12.6. The molecule has 19 heavy (non-hydrogen) atoms. The highest BCUT2D eigenvalue weighted by Crippen LogP contribution is 2.22. The van der Waals surface area contributed by atoms with Crippen molar-refractivity contribution < 1.29 is 14.6 Å². The predicted molar refractivity (Wildman–Crippen MR) is 77.4 cm³/mol. The molecule has 1 aliphatic rings. The topological polar surface area (TPSA) is 50.7 Å². The summed E-state index contributed by atoms with van der Waals surface area (Å²) in [7, 11) is 0. The van der Waals surface area contributed by atoms with Crippen LogP contribution in [0.4, 0.5) is 0 Å². The van der Waals surface area contributed by atoms with Gasteiger partial charge in [0.15, 0.2) is 0 Å². The van der Waals surface area contributed by atoms with E-state index in [-0.39, 0.29) is 0 Å². The molecule has 114 valence electrons. The lowest BCUT2D eigenvalue weighted by molar-refractivity contribution is 0.00516. The fraction of sp³-hybridized carbons (Fsp3) is 1.00. The second kappa shape index (κ2) is 10.6. The lowest BCUT2D eigenvalue weighted by Crippen LogP contribution is -2.40. The highest BCUT2D eigenvalue weighted by Gasteiger charge is 2.20. The average molecular weight is 273 g/mol. The Labute approximate surface area is 117 Å². The van der Waals surface area contributed by atoms with E-state index in [0.717, 1.165) is 0 Å². The van der Waals surface area contributed by atoms with Crippen LogP contribution in [-0.2, 0) is 9.47 Å². The molecule has 0 radical (unpaired) electrons. The van der Waals surface area contributed by atoms with Gasteiger partial charge >= 0.3 is 0 Å². The number of nitrogens with one attached hydrogen (secondary N) is 1. The van der Waals surface area contributed by atoms with Crippen molar-refractivity contribution in [3.05, 3.63) is 0 Å². The number of hydrogen-bond acceptors (Lipinski definition) is 4. The van der Waals surface area contributed by atoms with Gasteiger partial charge in [0.1, 0.15) is 0 Å². The van der Waals surface area contributed by atoms with E-state index in [4.69, 9.17) is 9.47 Å². The first-order valence-electron chi connectivity index (χ1n) is 7.81. The van der Waals surface area contributed by atoms with E-state index in [0.29, 0.717) is 44.9 Å². The Kier molecular flexibility index (Phi) is 9.43. The Morgan fingerprint density at radius 2 is 1.89 bits per heavy atom. The largest absolute Gasteiger partial charge is 0.389 e. The Hall–Kier alpha value is -0.160. The van der Waals surface area contributed by atoms with E-state index in [1.54, 1.807) is 0 Å². The summed E-state index contributed by atoms with van der Waals surface area (Å²) in [6.07, 6.45) is 6.13. The lowest BCUT2D eigenvalue weighted by Gasteiger charge is -2.24. The molecule has 0 aromatic rings. The molecule has 0 bridgehead atoms. The highest BCUT2D eigenvalue weighted by atomic mass is 16.5. The molecular formula is C15H31NO3. The SMILES string of the molecule is CCOCCOCC(O)CNC1CCCCCC1C. The molecule has 0 amide bonds. The molecule has 0 saturated heterocycles. The van der Waals surface area contributed by atoms with Gasteiger partial charge in [-0.25, -0.2) is 0 Å². The summed E-state index contributed by atoms with van der Waals surface area (Å²) >= 11 is 0. The number of aliphatic hydroxyl groups is 1. The van der Waals surface area contributed by atoms with Gasteiger partial charge in [-0.15, -0.1) is 0 Å². The molecule has 0 aliphatic heterocycles. The monoisotopic (exact) mass is 273 g/mol. The van der Waals surface area contributed by atoms with Gasteiger partial charge in [0, 0.05) is 19.2 Å². The molecule has 0 spiro atoms. The van der Waals surface area contributed by atoms with Crippen LogP contribution in [0.2, 0.25) is 0 Å². The van der Waals surface area contributed by atoms with Crippen LogP contribution in [-0.4, -0.2) is 50.2 Å². The summed E-state index contributed by atoms with van der Waals surface area (Å²) in [5.41, 5.74) is 0. The minimum absolute atomic E-state index is 0.390. The molecule has 1 aliphatic carbocycles. The van der Waals surface area contributed by atoms with E-state index in [1.165, 1.54) is 32.1 Å². The van der Waals surface area contributed by atoms with Gasteiger partial charge in [-0.1, -0.05) is 26.2 Å². The zero-order valence-corrected chi connectivity index (χ0v) is 12.6. The summed E-state index contributed by atoms with van der Waals surface area (Å²) in [4.78, 5) is 0. The summed E-state index contributed by atoms with van der Waals surface area (Å²) in [6.45, 7) is 7.18. The lowest BCUT2D eigenvalue weighted by atomic mass is 9.97. The molecule has 4 nitrogen and oxygen atoms in total. The second-order valence-corrected chi connectivity index (χ2v) is 5.56. The van der Waals surface area contributed by atoms with Gasteiger partial charge in [-0.05, 0) is 25.7 Å². The van der Waals surface area contributed by atoms with Crippen LogP contribution in [0.3, 0.4) is 0 Å². The van der Waals surface area contributed by atoms with Crippen LogP contribution in [0.5, 0.6) is 0 Å². The number of aliphatic hydroxyl groups excluding tert-OH is 1. The summed E-state index contributed by atoms with van der Waals surface area (Å²) in [5.74, 6) is 0.716. The van der Waals surface area contributed by atoms with Gasteiger partial charge in [0.25, 0.3) is 0 Å². The molecular weight excluding hydrogens is 242 g/mol. The van der Waals surface area contributed by atoms with Crippen molar-refractivity contribution in [3.8, 4) is 0 Å². The first-order valence-corrected chi connectivity index (χ1v) is 7.81. The summed E-state index contributed by atoms with van der Waals surface area (Å²) in [6, 6.07) is 0.556. The molecule has 0 heterocycles. The maximum Gasteiger partial charge on any atom is 0.0897 e. The molecule has 1 fully saturated rings. The molecule has 4 heteroatoms. The molecule has 3 unspecified atom stereocenters. The van der Waals surface area contributed by atoms with Crippen LogP contribution in [0.1, 0.15) is 46.0 Å². The van der Waals surface area contributed by atoms with Crippen LogP contribution in [0, 0.1) is 5.92 Å². The molecule has 1 rings (SSSR count). The molecule has 2 N–H and O–H groups in total. The van der Waals surface area contributed by atoms with Crippen molar-refractivity contribution in [1.29, 1.82) is 0 Å². The van der Waals surface area contributed by atoms with Gasteiger partial charge < -0.3 is 19.9 Å². The van der Waals surface area contributed by atoms with Crippen LogP contribution in [0.25, 0.3) is 0 Å². The molecule has 0 aromatic heterocycles. The van der Waals surface area contributed by atoms with Gasteiger partial charge in [-0.3, -0.25) is 0 Å². The van der Waals surface area contributed by atoms with Crippen molar-refractivity contribution in [2.75, 3.05) is 33.0 Å². The molecule has 3 atom stereocenters. The zero-order chi connectivity index (χ0) is 13.9. The maximum absolute atomic E-state index is 9.86. The van der Waals surface area contributed by atoms with E-state index in [1.807, 2.05) is 6.92 Å². The van der Waals surface area contributed by atoms with Crippen molar-refractivity contribution in [2.45, 2.75) is 58.1 Å². The second-order valence-electron chi connectivity index (χ2n) is 5.56. The fourth-order valence-electron chi connectivity index (χ4n) is 2.62. The number of ether oxygens (including phenoxy) is 2. The van der Waals surface area contributed by atoms with Gasteiger partial charge in [0.2, 0.25) is 0 Å². The molecule has 1 saturated carbocycles. The normalized spacial score (nSPS) is 26.1. The Bertz CT molecular complexity index is 214. The minimum Gasteiger partial charge on any atom is -0.389 e. The van der Waals surface area contributed by atoms with Crippen molar-refractivity contribution in [3.63, 3.8) is 0 Å². The number of hydrogen-bond donors (Lipinski definition) is 2. The van der Waals surface area contributed by atoms with E-state index >= 15 is 0 Å². The van der Waals surface area contributed by atoms with Crippen molar-refractivity contribution in [1.82, 2.24) is 5.32 Å². The van der Waals surface area contributed by atoms with Gasteiger partial charge in [0.05, 0.1) is 25.9 Å². The fourth-order valence-corrected chi connectivity index (χ4v) is 2.62. The molecule has 0 aromatic carbocycles. The Morgan fingerprint density at radius 1 is 1.16 bits per heavy atom.